The molecule has 1 aliphatic rings. The predicted octanol–water partition coefficient (Wildman–Crippen LogP) is 6.12. The Morgan fingerprint density at radius 1 is 1.08 bits per heavy atom. The van der Waals surface area contributed by atoms with Crippen molar-refractivity contribution in [3.8, 4) is 17.0 Å². The fourth-order valence-electron chi connectivity index (χ4n) is 4.94. The molecule has 5 rings (SSSR count). The van der Waals surface area contributed by atoms with Crippen LogP contribution < -0.4 is 10.3 Å². The quantitative estimate of drug-likeness (QED) is 0.307. The molecule has 2 heterocycles. The van der Waals surface area contributed by atoms with E-state index >= 15 is 0 Å². The average molecular weight is 526 g/mol. The molecule has 2 aromatic heterocycles. The number of nitrogens with one attached hydrogen (secondary N) is 1. The van der Waals surface area contributed by atoms with Gasteiger partial charge in [-0.15, -0.1) is 0 Å². The first-order chi connectivity index (χ1) is 18.2. The number of carbonyl (C=O) groups is 1. The zero-order valence-electron chi connectivity index (χ0n) is 20.7. The van der Waals surface area contributed by atoms with Crippen LogP contribution in [0.5, 0.6) is 5.75 Å². The second-order valence-corrected chi connectivity index (χ2v) is 9.38. The summed E-state index contributed by atoms with van der Waals surface area (Å²) in [6.45, 7) is -0.0260. The summed E-state index contributed by atoms with van der Waals surface area (Å²) in [6, 6.07) is 13.5. The van der Waals surface area contributed by atoms with Gasteiger partial charge in [0.05, 0.1) is 18.4 Å². The highest BCUT2D eigenvalue weighted by Crippen LogP contribution is 2.36. The van der Waals surface area contributed by atoms with Gasteiger partial charge < -0.3 is 9.47 Å². The summed E-state index contributed by atoms with van der Waals surface area (Å²) in [4.78, 5) is 30.4. The molecule has 4 aromatic rings. The number of rotatable bonds is 6. The smallest absolute Gasteiger partial charge is 0.416 e. The number of alkyl halides is 3. The van der Waals surface area contributed by atoms with Crippen LogP contribution in [-0.2, 0) is 17.5 Å². The number of H-pyrrole nitrogens is 1. The Balaban J connectivity index is 1.46. The van der Waals surface area contributed by atoms with Crippen molar-refractivity contribution in [1.29, 1.82) is 0 Å². The van der Waals surface area contributed by atoms with Crippen LogP contribution in [-0.4, -0.2) is 27.7 Å². The van der Waals surface area contributed by atoms with Gasteiger partial charge >= 0.3 is 12.1 Å². The molecule has 198 valence electrons. The Kier molecular flexibility index (Phi) is 6.96. The number of aromatic nitrogens is 3. The molecule has 1 N–H and O–H groups in total. The molecule has 2 aromatic carbocycles. The largest absolute Gasteiger partial charge is 0.489 e. The van der Waals surface area contributed by atoms with Crippen molar-refractivity contribution in [2.24, 2.45) is 0 Å². The van der Waals surface area contributed by atoms with E-state index in [0.29, 0.717) is 33.8 Å². The van der Waals surface area contributed by atoms with Crippen molar-refractivity contribution in [1.82, 2.24) is 14.6 Å². The number of hydrogen-bond donors (Lipinski definition) is 1. The number of hydrogen-bond acceptors (Lipinski definition) is 5. The molecular weight excluding hydrogens is 499 g/mol. The van der Waals surface area contributed by atoms with E-state index in [-0.39, 0.29) is 23.8 Å². The molecule has 1 aliphatic carbocycles. The number of methoxy groups -OCH3 is 1. The maximum atomic E-state index is 13.6. The minimum Gasteiger partial charge on any atom is -0.489 e. The normalized spacial score (nSPS) is 14.5. The van der Waals surface area contributed by atoms with Crippen molar-refractivity contribution in [3.05, 3.63) is 87.3 Å². The van der Waals surface area contributed by atoms with E-state index in [9.17, 15) is 22.8 Å². The van der Waals surface area contributed by atoms with Gasteiger partial charge in [-0.25, -0.2) is 14.3 Å². The SMILES string of the molecule is COC(=O)c1cc2nc(-c3ccc(OCc4cccc(C(F)(F)F)c4)cc3)c(C3CCCCC3)c(=O)n2[nH]1. The van der Waals surface area contributed by atoms with Gasteiger partial charge in [-0.05, 0) is 60.7 Å². The van der Waals surface area contributed by atoms with Gasteiger partial charge in [0.25, 0.3) is 5.56 Å². The molecule has 0 amide bonds. The molecule has 1 fully saturated rings. The molecule has 0 spiro atoms. The lowest BCUT2D eigenvalue weighted by molar-refractivity contribution is -0.137. The van der Waals surface area contributed by atoms with E-state index in [2.05, 4.69) is 5.10 Å². The third-order valence-corrected chi connectivity index (χ3v) is 6.86. The molecule has 0 radical (unpaired) electrons. The van der Waals surface area contributed by atoms with Crippen molar-refractivity contribution < 1.29 is 27.4 Å². The van der Waals surface area contributed by atoms with Gasteiger partial charge in [0.1, 0.15) is 18.1 Å². The second-order valence-electron chi connectivity index (χ2n) is 9.38. The summed E-state index contributed by atoms with van der Waals surface area (Å²) < 4.78 is 50.8. The molecule has 10 heteroatoms. The van der Waals surface area contributed by atoms with Crippen molar-refractivity contribution in [2.75, 3.05) is 7.11 Å². The fourth-order valence-corrected chi connectivity index (χ4v) is 4.94. The molecule has 0 saturated heterocycles. The standard InChI is InChI=1S/C28H26F3N3O4/c1-37-27(36)22-15-23-32-25(24(26(35)34(23)33-22)18-7-3-2-4-8-18)19-10-12-21(13-11-19)38-16-17-6-5-9-20(14-17)28(29,30)31/h5-6,9-15,18,33H,2-4,7-8,16H2,1H3. The van der Waals surface area contributed by atoms with Crippen molar-refractivity contribution in [3.63, 3.8) is 0 Å². The Labute approximate surface area is 216 Å². The van der Waals surface area contributed by atoms with Crippen LogP contribution in [0.1, 0.15) is 65.2 Å². The number of ether oxygens (including phenoxy) is 2. The van der Waals surface area contributed by atoms with Gasteiger partial charge in [0.2, 0.25) is 0 Å². The van der Waals surface area contributed by atoms with Crippen LogP contribution >= 0.6 is 0 Å². The van der Waals surface area contributed by atoms with Crippen LogP contribution in [0.4, 0.5) is 13.2 Å². The highest BCUT2D eigenvalue weighted by molar-refractivity contribution is 5.88. The monoisotopic (exact) mass is 525 g/mol. The average Bonchev–Trinajstić information content (AvgIpc) is 3.37. The van der Waals surface area contributed by atoms with E-state index in [1.165, 1.54) is 23.8 Å². The summed E-state index contributed by atoms with van der Waals surface area (Å²) >= 11 is 0. The predicted molar refractivity (Wildman–Crippen MR) is 134 cm³/mol. The lowest BCUT2D eigenvalue weighted by atomic mass is 9.83. The Morgan fingerprint density at radius 3 is 2.50 bits per heavy atom. The van der Waals surface area contributed by atoms with E-state index in [4.69, 9.17) is 14.5 Å². The van der Waals surface area contributed by atoms with E-state index in [0.717, 1.165) is 44.2 Å². The van der Waals surface area contributed by atoms with Gasteiger partial charge in [0.15, 0.2) is 5.65 Å². The molecule has 7 nitrogen and oxygen atoms in total. The summed E-state index contributed by atoms with van der Waals surface area (Å²) in [7, 11) is 1.26. The first-order valence-corrected chi connectivity index (χ1v) is 12.4. The Hall–Kier alpha value is -4.08. The van der Waals surface area contributed by atoms with Crippen LogP contribution in [0.3, 0.4) is 0 Å². The lowest BCUT2D eigenvalue weighted by Gasteiger charge is -2.23. The highest BCUT2D eigenvalue weighted by Gasteiger charge is 2.30. The first-order valence-electron chi connectivity index (χ1n) is 12.4. The Morgan fingerprint density at radius 2 is 1.82 bits per heavy atom. The third kappa shape index (κ3) is 5.16. The van der Waals surface area contributed by atoms with Crippen molar-refractivity contribution >= 4 is 11.6 Å². The molecule has 1 saturated carbocycles. The summed E-state index contributed by atoms with van der Waals surface area (Å²) in [5, 5.41) is 2.80. The van der Waals surface area contributed by atoms with Gasteiger partial charge in [-0.2, -0.15) is 13.2 Å². The maximum absolute atomic E-state index is 13.6. The number of nitrogens with zero attached hydrogens (tertiary/aromatic N) is 2. The fraction of sp³-hybridized carbons (Fsp3) is 0.321. The van der Waals surface area contributed by atoms with E-state index < -0.39 is 17.7 Å². The number of esters is 1. The number of fused-ring (bicyclic) bond motifs is 1. The van der Waals surface area contributed by atoms with Crippen LogP contribution in [0, 0.1) is 0 Å². The van der Waals surface area contributed by atoms with E-state index in [1.807, 2.05) is 0 Å². The first kappa shape index (κ1) is 25.6. The van der Waals surface area contributed by atoms with Crippen LogP contribution in [0.25, 0.3) is 16.9 Å². The molecule has 0 atom stereocenters. The molecule has 0 bridgehead atoms. The molecule has 0 unspecified atom stereocenters. The number of halogens is 3. The topological polar surface area (TPSA) is 85.7 Å². The zero-order chi connectivity index (χ0) is 26.9. The summed E-state index contributed by atoms with van der Waals surface area (Å²) in [6.07, 6.45) is 0.490. The van der Waals surface area contributed by atoms with Gasteiger partial charge in [0, 0.05) is 17.2 Å². The van der Waals surface area contributed by atoms with Crippen LogP contribution in [0.15, 0.2) is 59.4 Å². The summed E-state index contributed by atoms with van der Waals surface area (Å²) in [5.41, 5.74) is 1.70. The minimum absolute atomic E-state index is 0.0260. The molecule has 38 heavy (non-hydrogen) atoms. The van der Waals surface area contributed by atoms with Crippen molar-refractivity contribution in [2.45, 2.75) is 50.8 Å². The minimum atomic E-state index is -4.42. The van der Waals surface area contributed by atoms with Gasteiger partial charge in [-0.3, -0.25) is 9.89 Å². The molecular formula is C28H26F3N3O4. The second kappa shape index (κ2) is 10.4. The summed E-state index contributed by atoms with van der Waals surface area (Å²) in [5.74, 6) is -0.0897. The number of aromatic amines is 1. The van der Waals surface area contributed by atoms with E-state index in [1.54, 1.807) is 30.3 Å². The lowest BCUT2D eigenvalue weighted by Crippen LogP contribution is -2.25. The number of carbonyl (C=O) groups excluding carboxylic acids is 1. The van der Waals surface area contributed by atoms with Crippen LogP contribution in [0.2, 0.25) is 0 Å². The highest BCUT2D eigenvalue weighted by atomic mass is 19.4. The Bertz CT molecular complexity index is 1520. The zero-order valence-corrected chi connectivity index (χ0v) is 20.7. The maximum Gasteiger partial charge on any atom is 0.416 e. The molecule has 0 aliphatic heterocycles. The third-order valence-electron chi connectivity index (χ3n) is 6.86. The number of benzene rings is 2. The van der Waals surface area contributed by atoms with Gasteiger partial charge in [-0.1, -0.05) is 31.4 Å².